The average Bonchev–Trinajstić information content (AvgIpc) is 3.33. The number of nitrogens with two attached hydrogens (primary N) is 1. The van der Waals surface area contributed by atoms with Gasteiger partial charge in [-0.25, -0.2) is 0 Å². The fourth-order valence-corrected chi connectivity index (χ4v) is 3.43. The number of aromatic amines is 1. The van der Waals surface area contributed by atoms with Gasteiger partial charge >= 0.3 is 6.18 Å². The quantitative estimate of drug-likeness (QED) is 0.386. The van der Waals surface area contributed by atoms with Crippen molar-refractivity contribution in [2.45, 2.75) is 19.1 Å². The van der Waals surface area contributed by atoms with Crippen molar-refractivity contribution in [2.75, 3.05) is 5.73 Å². The lowest BCUT2D eigenvalue weighted by Gasteiger charge is -2.17. The number of anilines is 1. The van der Waals surface area contributed by atoms with E-state index in [1.165, 1.54) is 35.2 Å². The molecule has 0 aliphatic carbocycles. The number of carbonyl (C=O) groups is 1. The van der Waals surface area contributed by atoms with Crippen molar-refractivity contribution in [1.82, 2.24) is 25.3 Å². The van der Waals surface area contributed by atoms with Crippen molar-refractivity contribution in [2.24, 2.45) is 0 Å². The van der Waals surface area contributed by atoms with E-state index in [9.17, 15) is 22.8 Å². The van der Waals surface area contributed by atoms with Gasteiger partial charge in [-0.05, 0) is 48.9 Å². The highest BCUT2D eigenvalue weighted by Gasteiger charge is 2.31. The first-order chi connectivity index (χ1) is 16.1. The molecular formula is C23H19F3N6O2. The van der Waals surface area contributed by atoms with Crippen LogP contribution in [-0.2, 0) is 6.18 Å². The molecule has 34 heavy (non-hydrogen) atoms. The number of H-pyrrole nitrogens is 1. The Labute approximate surface area is 191 Å². The zero-order valence-corrected chi connectivity index (χ0v) is 17.8. The zero-order valence-electron chi connectivity index (χ0n) is 17.8. The third kappa shape index (κ3) is 4.82. The Hall–Kier alpha value is -4.41. The van der Waals surface area contributed by atoms with Crippen LogP contribution in [0.1, 0.15) is 34.5 Å². The summed E-state index contributed by atoms with van der Waals surface area (Å²) in [7, 11) is 0. The van der Waals surface area contributed by atoms with Gasteiger partial charge in [0.05, 0.1) is 23.4 Å². The number of aromatic nitrogens is 4. The Kier molecular flexibility index (Phi) is 5.93. The monoisotopic (exact) mass is 468 g/mol. The molecule has 4 N–H and O–H groups in total. The first-order valence-corrected chi connectivity index (χ1v) is 10.1. The van der Waals surface area contributed by atoms with Crippen LogP contribution in [0.2, 0.25) is 0 Å². The normalized spacial score (nSPS) is 12.4. The number of benzene rings is 2. The Morgan fingerprint density at radius 1 is 1.15 bits per heavy atom. The molecule has 0 fully saturated rings. The highest BCUT2D eigenvalue weighted by atomic mass is 19.4. The van der Waals surface area contributed by atoms with Crippen molar-refractivity contribution in [3.05, 3.63) is 94.0 Å². The number of carbonyl (C=O) groups excluding carboxylic acids is 1. The van der Waals surface area contributed by atoms with Gasteiger partial charge in [0.15, 0.2) is 0 Å². The Morgan fingerprint density at radius 2 is 1.94 bits per heavy atom. The summed E-state index contributed by atoms with van der Waals surface area (Å²) in [5.41, 5.74) is 6.44. The molecule has 8 nitrogen and oxygen atoms in total. The van der Waals surface area contributed by atoms with Gasteiger partial charge in [-0.1, -0.05) is 12.1 Å². The molecule has 1 amide bonds. The van der Waals surface area contributed by atoms with Gasteiger partial charge in [-0.3, -0.25) is 14.2 Å². The van der Waals surface area contributed by atoms with Crippen LogP contribution in [0.5, 0.6) is 0 Å². The number of rotatable bonds is 5. The second kappa shape index (κ2) is 8.85. The first kappa shape index (κ1) is 22.8. The minimum Gasteiger partial charge on any atom is -0.399 e. The first-order valence-electron chi connectivity index (χ1n) is 10.1. The van der Waals surface area contributed by atoms with Crippen LogP contribution < -0.4 is 16.6 Å². The van der Waals surface area contributed by atoms with Crippen molar-refractivity contribution in [1.29, 1.82) is 0 Å². The van der Waals surface area contributed by atoms with E-state index in [-0.39, 0.29) is 22.4 Å². The van der Waals surface area contributed by atoms with Gasteiger partial charge in [-0.2, -0.15) is 28.6 Å². The number of nitrogens with zero attached hydrogens (tertiary/aromatic N) is 3. The van der Waals surface area contributed by atoms with Crippen LogP contribution in [0.15, 0.2) is 71.8 Å². The molecule has 2 heterocycles. The van der Waals surface area contributed by atoms with E-state index >= 15 is 0 Å². The van der Waals surface area contributed by atoms with Gasteiger partial charge in [0.2, 0.25) is 0 Å². The third-order valence-electron chi connectivity index (χ3n) is 5.16. The summed E-state index contributed by atoms with van der Waals surface area (Å²) in [5.74, 6) is -0.565. The van der Waals surface area contributed by atoms with Crippen molar-refractivity contribution < 1.29 is 18.0 Å². The zero-order chi connectivity index (χ0) is 24.5. The molecule has 4 rings (SSSR count). The Bertz CT molecular complexity index is 1400. The van der Waals surface area contributed by atoms with Gasteiger partial charge in [-0.15, -0.1) is 0 Å². The number of nitrogen functional groups attached to an aromatic ring is 1. The summed E-state index contributed by atoms with van der Waals surface area (Å²) in [6, 6.07) is 11.9. The summed E-state index contributed by atoms with van der Waals surface area (Å²) in [4.78, 5) is 25.3. The molecule has 0 aliphatic heterocycles. The smallest absolute Gasteiger partial charge is 0.399 e. The molecule has 1 atom stereocenters. The van der Waals surface area contributed by atoms with E-state index in [4.69, 9.17) is 5.73 Å². The van der Waals surface area contributed by atoms with E-state index in [1.807, 2.05) is 0 Å². The van der Waals surface area contributed by atoms with Crippen LogP contribution in [0.4, 0.5) is 18.9 Å². The fourth-order valence-electron chi connectivity index (χ4n) is 3.43. The number of alkyl halides is 3. The number of hydrogen-bond acceptors (Lipinski definition) is 5. The second-order valence-electron chi connectivity index (χ2n) is 7.61. The molecule has 1 unspecified atom stereocenters. The lowest BCUT2D eigenvalue weighted by atomic mass is 10.0. The predicted octanol–water partition coefficient (Wildman–Crippen LogP) is 3.71. The lowest BCUT2D eigenvalue weighted by molar-refractivity contribution is -0.137. The number of hydrogen-bond donors (Lipinski definition) is 3. The summed E-state index contributed by atoms with van der Waals surface area (Å²) >= 11 is 0. The molecule has 0 saturated carbocycles. The number of halogens is 3. The van der Waals surface area contributed by atoms with Crippen LogP contribution in [0.25, 0.3) is 16.9 Å². The SMILES string of the molecule is CC(NC(=O)c1ccc(=O)n(-c2cccc(-c3cn[nH]n3)c2)c1)c1cc(N)cc(C(F)(F)F)c1. The average molecular weight is 468 g/mol. The maximum atomic E-state index is 13.1. The van der Waals surface area contributed by atoms with Crippen LogP contribution in [0, 0.1) is 0 Å². The minimum absolute atomic E-state index is 0.0635. The highest BCUT2D eigenvalue weighted by molar-refractivity contribution is 5.94. The summed E-state index contributed by atoms with van der Waals surface area (Å²) in [6.45, 7) is 1.55. The Morgan fingerprint density at radius 3 is 2.65 bits per heavy atom. The number of nitrogens with one attached hydrogen (secondary N) is 2. The van der Waals surface area contributed by atoms with Crippen LogP contribution >= 0.6 is 0 Å². The standard InChI is InChI=1S/C23H19F3N6O2/c1-13(16-7-17(23(24,25)26)10-18(27)8-16)29-22(34)15-5-6-21(33)32(12-15)19-4-2-3-14(9-19)20-11-28-31-30-20/h2-13H,27H2,1H3,(H,29,34)(H,28,30,31). The maximum absolute atomic E-state index is 13.1. The summed E-state index contributed by atoms with van der Waals surface area (Å²) in [5, 5.41) is 12.9. The molecule has 0 spiro atoms. The van der Waals surface area contributed by atoms with Gasteiger partial charge in [0.1, 0.15) is 5.69 Å². The van der Waals surface area contributed by atoms with Gasteiger partial charge < -0.3 is 11.1 Å². The molecule has 174 valence electrons. The largest absolute Gasteiger partial charge is 0.416 e. The molecule has 2 aromatic carbocycles. The van der Waals surface area contributed by atoms with E-state index in [2.05, 4.69) is 20.7 Å². The van der Waals surface area contributed by atoms with E-state index in [1.54, 1.807) is 31.2 Å². The minimum atomic E-state index is -4.57. The molecule has 2 aromatic heterocycles. The number of amides is 1. The third-order valence-corrected chi connectivity index (χ3v) is 5.16. The van der Waals surface area contributed by atoms with Crippen molar-refractivity contribution in [3.63, 3.8) is 0 Å². The molecule has 0 saturated heterocycles. The lowest BCUT2D eigenvalue weighted by Crippen LogP contribution is -2.28. The molecule has 0 radical (unpaired) electrons. The predicted molar refractivity (Wildman–Crippen MR) is 119 cm³/mol. The van der Waals surface area contributed by atoms with Crippen molar-refractivity contribution >= 4 is 11.6 Å². The molecule has 0 aliphatic rings. The van der Waals surface area contributed by atoms with Crippen LogP contribution in [0.3, 0.4) is 0 Å². The molecule has 4 aromatic rings. The van der Waals surface area contributed by atoms with Gasteiger partial charge in [0, 0.05) is 29.2 Å². The van der Waals surface area contributed by atoms with E-state index in [0.717, 1.165) is 12.1 Å². The van der Waals surface area contributed by atoms with E-state index in [0.29, 0.717) is 16.9 Å². The Balaban J connectivity index is 1.60. The molecule has 0 bridgehead atoms. The summed E-state index contributed by atoms with van der Waals surface area (Å²) < 4.78 is 40.6. The number of pyridine rings is 1. The fraction of sp³-hybridized carbons (Fsp3) is 0.130. The van der Waals surface area contributed by atoms with Crippen molar-refractivity contribution in [3.8, 4) is 16.9 Å². The second-order valence-corrected chi connectivity index (χ2v) is 7.61. The molecule has 11 heteroatoms. The topological polar surface area (TPSA) is 119 Å². The molecular weight excluding hydrogens is 449 g/mol. The van der Waals surface area contributed by atoms with E-state index < -0.39 is 23.7 Å². The van der Waals surface area contributed by atoms with Gasteiger partial charge in [0.25, 0.3) is 11.5 Å². The summed E-state index contributed by atoms with van der Waals surface area (Å²) in [6.07, 6.45) is -1.66. The van der Waals surface area contributed by atoms with Crippen LogP contribution in [-0.4, -0.2) is 25.9 Å². The highest BCUT2D eigenvalue weighted by Crippen LogP contribution is 2.32. The maximum Gasteiger partial charge on any atom is 0.416 e.